The van der Waals surface area contributed by atoms with Crippen molar-refractivity contribution >= 4 is 45.8 Å². The molecule has 1 aliphatic rings. The minimum absolute atomic E-state index is 0.175. The number of benzene rings is 3. The van der Waals surface area contributed by atoms with Gasteiger partial charge in [0.25, 0.3) is 5.91 Å². The van der Waals surface area contributed by atoms with Gasteiger partial charge in [0.15, 0.2) is 5.11 Å². The second-order valence-corrected chi connectivity index (χ2v) is 6.98. The first-order valence-corrected chi connectivity index (χ1v) is 9.49. The van der Waals surface area contributed by atoms with E-state index < -0.39 is 0 Å². The van der Waals surface area contributed by atoms with E-state index in [1.807, 2.05) is 66.7 Å². The molecule has 0 atom stereocenters. The second-order valence-electron chi connectivity index (χ2n) is 6.62. The minimum atomic E-state index is -0.175. The third-order valence-corrected chi connectivity index (χ3v) is 5.46. The first kappa shape index (κ1) is 19.0. The molecule has 4 rings (SSSR count). The van der Waals surface area contributed by atoms with Gasteiger partial charge in [-0.15, -0.1) is 0 Å². The summed E-state index contributed by atoms with van der Waals surface area (Å²) in [5.74, 6) is 1.23. The zero-order chi connectivity index (χ0) is 20.5. The molecule has 3 aromatic rings. The molecule has 1 fully saturated rings. The SMILES string of the molecule is COc1ccc2ccc(OC)c(/C=C3\C(=O)N(c4ccccc4)C(=S)N3C)c2c1. The van der Waals surface area contributed by atoms with Crippen molar-refractivity contribution in [1.82, 2.24) is 4.90 Å². The predicted molar refractivity (Wildman–Crippen MR) is 119 cm³/mol. The number of rotatable bonds is 4. The van der Waals surface area contributed by atoms with Crippen LogP contribution < -0.4 is 14.4 Å². The Morgan fingerprint density at radius 3 is 2.38 bits per heavy atom. The van der Waals surface area contributed by atoms with E-state index >= 15 is 0 Å². The van der Waals surface area contributed by atoms with Crippen LogP contribution in [0.25, 0.3) is 16.8 Å². The van der Waals surface area contributed by atoms with E-state index in [-0.39, 0.29) is 5.91 Å². The standard InChI is InChI=1S/C23H20N2O3S/c1-24-20(22(26)25(23(24)29)16-7-5-4-6-8-16)14-19-18-13-17(27-2)11-9-15(18)10-12-21(19)28-3/h4-14H,1-3H3/b20-14+. The Hall–Kier alpha value is -3.38. The number of hydrogen-bond acceptors (Lipinski definition) is 4. The molecule has 5 nitrogen and oxygen atoms in total. The molecular weight excluding hydrogens is 384 g/mol. The number of thiocarbonyl (C=S) groups is 1. The predicted octanol–water partition coefficient (Wildman–Crippen LogP) is 4.46. The highest BCUT2D eigenvalue weighted by atomic mass is 32.1. The molecule has 0 unspecified atom stereocenters. The molecule has 0 radical (unpaired) electrons. The fraction of sp³-hybridized carbons (Fsp3) is 0.130. The van der Waals surface area contributed by atoms with Gasteiger partial charge in [-0.25, -0.2) is 0 Å². The number of fused-ring (bicyclic) bond motifs is 1. The van der Waals surface area contributed by atoms with Gasteiger partial charge >= 0.3 is 0 Å². The quantitative estimate of drug-likeness (QED) is 0.474. The Balaban J connectivity index is 1.88. The number of nitrogens with zero attached hydrogens (tertiary/aromatic N) is 2. The van der Waals surface area contributed by atoms with Crippen LogP contribution in [0.5, 0.6) is 11.5 Å². The largest absolute Gasteiger partial charge is 0.497 e. The Labute approximate surface area is 174 Å². The van der Waals surface area contributed by atoms with E-state index in [1.165, 1.54) is 0 Å². The summed E-state index contributed by atoms with van der Waals surface area (Å²) >= 11 is 5.55. The van der Waals surface area contributed by atoms with E-state index in [2.05, 4.69) is 0 Å². The number of para-hydroxylation sites is 1. The van der Waals surface area contributed by atoms with Gasteiger partial charge in [0, 0.05) is 12.6 Å². The number of carbonyl (C=O) groups is 1. The summed E-state index contributed by atoms with van der Waals surface area (Å²) in [6.45, 7) is 0. The van der Waals surface area contributed by atoms with Crippen molar-refractivity contribution in [2.75, 3.05) is 26.2 Å². The minimum Gasteiger partial charge on any atom is -0.497 e. The Morgan fingerprint density at radius 1 is 0.966 bits per heavy atom. The lowest BCUT2D eigenvalue weighted by atomic mass is 10.0. The number of anilines is 1. The van der Waals surface area contributed by atoms with Gasteiger partial charge in [-0.1, -0.05) is 30.3 Å². The van der Waals surface area contributed by atoms with Gasteiger partial charge in [-0.3, -0.25) is 9.69 Å². The van der Waals surface area contributed by atoms with Crippen molar-refractivity contribution in [3.05, 3.63) is 71.9 Å². The van der Waals surface area contributed by atoms with E-state index in [0.29, 0.717) is 16.6 Å². The van der Waals surface area contributed by atoms with Crippen LogP contribution in [0.3, 0.4) is 0 Å². The van der Waals surface area contributed by atoms with Gasteiger partial charge in [0.05, 0.1) is 19.9 Å². The summed E-state index contributed by atoms with van der Waals surface area (Å²) in [5, 5.41) is 2.39. The van der Waals surface area contributed by atoms with Gasteiger partial charge in [-0.2, -0.15) is 0 Å². The molecule has 0 N–H and O–H groups in total. The molecule has 3 aromatic carbocycles. The summed E-state index contributed by atoms with van der Waals surface area (Å²) < 4.78 is 11.0. The van der Waals surface area contributed by atoms with Crippen LogP contribution in [-0.4, -0.2) is 37.2 Å². The smallest absolute Gasteiger partial charge is 0.281 e. The van der Waals surface area contributed by atoms with E-state index in [1.54, 1.807) is 31.1 Å². The van der Waals surface area contributed by atoms with Crippen LogP contribution in [0, 0.1) is 0 Å². The third-order valence-electron chi connectivity index (χ3n) is 5.01. The van der Waals surface area contributed by atoms with Crippen LogP contribution in [-0.2, 0) is 4.79 Å². The first-order valence-electron chi connectivity index (χ1n) is 9.08. The van der Waals surface area contributed by atoms with Gasteiger partial charge in [0.1, 0.15) is 17.2 Å². The summed E-state index contributed by atoms with van der Waals surface area (Å²) in [6.07, 6.45) is 1.83. The van der Waals surface area contributed by atoms with Crippen molar-refractivity contribution in [2.24, 2.45) is 0 Å². The number of hydrogen-bond donors (Lipinski definition) is 0. The highest BCUT2D eigenvalue weighted by Gasteiger charge is 2.37. The van der Waals surface area contributed by atoms with Crippen LogP contribution in [0.2, 0.25) is 0 Å². The van der Waals surface area contributed by atoms with Gasteiger partial charge < -0.3 is 14.4 Å². The summed E-state index contributed by atoms with van der Waals surface area (Å²) in [4.78, 5) is 16.5. The highest BCUT2D eigenvalue weighted by molar-refractivity contribution is 7.80. The van der Waals surface area contributed by atoms with E-state index in [4.69, 9.17) is 21.7 Å². The average molecular weight is 404 g/mol. The summed E-state index contributed by atoms with van der Waals surface area (Å²) in [7, 11) is 5.04. The number of ether oxygens (including phenoxy) is 2. The van der Waals surface area contributed by atoms with Crippen molar-refractivity contribution in [1.29, 1.82) is 0 Å². The number of amides is 1. The van der Waals surface area contributed by atoms with Crippen molar-refractivity contribution < 1.29 is 14.3 Å². The maximum absolute atomic E-state index is 13.3. The lowest BCUT2D eigenvalue weighted by Gasteiger charge is -2.16. The van der Waals surface area contributed by atoms with Crippen molar-refractivity contribution in [3.8, 4) is 11.5 Å². The lowest BCUT2D eigenvalue weighted by Crippen LogP contribution is -2.30. The normalized spacial score (nSPS) is 15.5. The molecule has 29 heavy (non-hydrogen) atoms. The zero-order valence-corrected chi connectivity index (χ0v) is 17.2. The molecule has 0 aromatic heterocycles. The maximum Gasteiger partial charge on any atom is 0.281 e. The fourth-order valence-corrected chi connectivity index (χ4v) is 3.74. The monoisotopic (exact) mass is 404 g/mol. The zero-order valence-electron chi connectivity index (χ0n) is 16.4. The molecule has 1 amide bonds. The molecule has 1 aliphatic heterocycles. The van der Waals surface area contributed by atoms with Crippen LogP contribution in [0.1, 0.15) is 5.56 Å². The van der Waals surface area contributed by atoms with Crippen LogP contribution in [0.15, 0.2) is 66.4 Å². The summed E-state index contributed by atoms with van der Waals surface area (Å²) in [5.41, 5.74) is 2.02. The molecule has 1 saturated heterocycles. The third kappa shape index (κ3) is 3.21. The van der Waals surface area contributed by atoms with E-state index in [9.17, 15) is 4.79 Å². The molecule has 6 heteroatoms. The number of carbonyl (C=O) groups excluding carboxylic acids is 1. The van der Waals surface area contributed by atoms with E-state index in [0.717, 1.165) is 27.8 Å². The molecule has 0 spiro atoms. The van der Waals surface area contributed by atoms with Gasteiger partial charge in [0.2, 0.25) is 0 Å². The Morgan fingerprint density at radius 2 is 1.69 bits per heavy atom. The Bertz CT molecular complexity index is 1140. The number of likely N-dealkylation sites (N-methyl/N-ethyl adjacent to an activating group) is 1. The van der Waals surface area contributed by atoms with Crippen LogP contribution >= 0.6 is 12.2 Å². The van der Waals surface area contributed by atoms with Gasteiger partial charge in [-0.05, 0) is 59.4 Å². The fourth-order valence-electron chi connectivity index (χ4n) is 3.45. The Kier molecular flexibility index (Phi) is 4.94. The summed E-state index contributed by atoms with van der Waals surface area (Å²) in [6, 6.07) is 19.1. The topological polar surface area (TPSA) is 42.0 Å². The molecule has 146 valence electrons. The molecule has 0 aliphatic carbocycles. The molecule has 1 heterocycles. The lowest BCUT2D eigenvalue weighted by molar-refractivity contribution is -0.114. The average Bonchev–Trinajstić information content (AvgIpc) is 2.97. The molecule has 0 saturated carbocycles. The highest BCUT2D eigenvalue weighted by Crippen LogP contribution is 2.35. The first-order chi connectivity index (χ1) is 14.0. The molecule has 0 bridgehead atoms. The van der Waals surface area contributed by atoms with Crippen molar-refractivity contribution in [2.45, 2.75) is 0 Å². The number of methoxy groups -OCH3 is 2. The maximum atomic E-state index is 13.3. The second kappa shape index (κ2) is 7.56. The van der Waals surface area contributed by atoms with Crippen molar-refractivity contribution in [3.63, 3.8) is 0 Å². The molecular formula is C23H20N2O3S. The van der Waals surface area contributed by atoms with Crippen LogP contribution in [0.4, 0.5) is 5.69 Å².